The predicted molar refractivity (Wildman–Crippen MR) is 132 cm³/mol. The zero-order valence-corrected chi connectivity index (χ0v) is 20.3. The maximum Gasteiger partial charge on any atom is 0.247 e. The number of carbonyl (C=O) groups is 2. The van der Waals surface area contributed by atoms with E-state index in [1.54, 1.807) is 12.1 Å². The summed E-state index contributed by atoms with van der Waals surface area (Å²) in [6.45, 7) is 6.35. The van der Waals surface area contributed by atoms with Crippen molar-refractivity contribution in [1.29, 1.82) is 0 Å². The van der Waals surface area contributed by atoms with Crippen molar-refractivity contribution in [3.8, 4) is 0 Å². The molecule has 2 amide bonds. The molecule has 0 radical (unpaired) electrons. The Morgan fingerprint density at radius 1 is 1.03 bits per heavy atom. The molecule has 9 heteroatoms. The number of fused-ring (bicyclic) bond motifs is 1. The summed E-state index contributed by atoms with van der Waals surface area (Å²) in [6.07, 6.45) is 1.82. The van der Waals surface area contributed by atoms with Crippen LogP contribution in [0.2, 0.25) is 0 Å². The van der Waals surface area contributed by atoms with Crippen LogP contribution in [0.4, 0.5) is 5.69 Å². The Morgan fingerprint density at radius 2 is 1.80 bits per heavy atom. The monoisotopic (exact) mass is 478 g/mol. The SMILES string of the molecule is COCCN1CC(C(=O)N2CCN(Cc3ccccn3)CC2)C2NN(c3ccccc3)C(=O)C2C1. The molecule has 2 aromatic rings. The van der Waals surface area contributed by atoms with Gasteiger partial charge in [0.1, 0.15) is 0 Å². The summed E-state index contributed by atoms with van der Waals surface area (Å²) in [5.41, 5.74) is 5.26. The Labute approximate surface area is 206 Å². The van der Waals surface area contributed by atoms with Gasteiger partial charge in [-0.3, -0.25) is 24.4 Å². The van der Waals surface area contributed by atoms with Crippen molar-refractivity contribution in [2.24, 2.45) is 11.8 Å². The number of hydrogen-bond donors (Lipinski definition) is 1. The van der Waals surface area contributed by atoms with Crippen LogP contribution in [0, 0.1) is 11.8 Å². The average Bonchev–Trinajstić information content (AvgIpc) is 3.24. The van der Waals surface area contributed by atoms with Gasteiger partial charge in [0.25, 0.3) is 0 Å². The lowest BCUT2D eigenvalue weighted by atomic mass is 9.83. The Bertz CT molecular complexity index is 999. The molecular formula is C26H34N6O3. The molecule has 3 aliphatic heterocycles. The Hall–Kier alpha value is -2.85. The summed E-state index contributed by atoms with van der Waals surface area (Å²) in [5.74, 6) is -0.387. The molecule has 35 heavy (non-hydrogen) atoms. The molecule has 1 aromatic heterocycles. The van der Waals surface area contributed by atoms with Crippen molar-refractivity contribution in [2.75, 3.05) is 64.5 Å². The number of piperidine rings is 1. The van der Waals surface area contributed by atoms with E-state index in [1.165, 1.54) is 0 Å². The molecule has 0 saturated carbocycles. The fourth-order valence-electron chi connectivity index (χ4n) is 5.42. The molecule has 3 saturated heterocycles. The van der Waals surface area contributed by atoms with Gasteiger partial charge in [-0.1, -0.05) is 24.3 Å². The van der Waals surface area contributed by atoms with Gasteiger partial charge in [0.15, 0.2) is 0 Å². The number of methoxy groups -OCH3 is 1. The van der Waals surface area contributed by atoms with E-state index in [-0.39, 0.29) is 29.7 Å². The molecule has 5 rings (SSSR count). The smallest absolute Gasteiger partial charge is 0.247 e. The second-order valence-electron chi connectivity index (χ2n) is 9.55. The van der Waals surface area contributed by atoms with Crippen LogP contribution in [0.1, 0.15) is 5.69 Å². The zero-order chi connectivity index (χ0) is 24.2. The number of pyridine rings is 1. The standard InChI is InChI=1S/C26H34N6O3/c1-35-16-15-30-18-22(24-23(19-30)26(34)32(28-24)21-8-3-2-4-9-21)25(33)31-13-11-29(12-14-31)17-20-7-5-6-10-27-20/h2-10,22-24,28H,11-19H2,1H3. The third-order valence-corrected chi connectivity index (χ3v) is 7.33. The first-order valence-electron chi connectivity index (χ1n) is 12.4. The Morgan fingerprint density at radius 3 is 2.51 bits per heavy atom. The summed E-state index contributed by atoms with van der Waals surface area (Å²) in [7, 11) is 1.68. The second-order valence-corrected chi connectivity index (χ2v) is 9.55. The van der Waals surface area contributed by atoms with Gasteiger partial charge in [-0.05, 0) is 24.3 Å². The van der Waals surface area contributed by atoms with Crippen LogP contribution in [0.25, 0.3) is 0 Å². The molecule has 3 atom stereocenters. The zero-order valence-electron chi connectivity index (χ0n) is 20.3. The summed E-state index contributed by atoms with van der Waals surface area (Å²) < 4.78 is 5.29. The number of ether oxygens (including phenoxy) is 1. The van der Waals surface area contributed by atoms with Crippen LogP contribution >= 0.6 is 0 Å². The molecule has 1 N–H and O–H groups in total. The van der Waals surface area contributed by atoms with Crippen molar-refractivity contribution < 1.29 is 14.3 Å². The van der Waals surface area contributed by atoms with Crippen LogP contribution in [0.15, 0.2) is 54.7 Å². The van der Waals surface area contributed by atoms with E-state index >= 15 is 0 Å². The lowest BCUT2D eigenvalue weighted by molar-refractivity contribution is -0.141. The van der Waals surface area contributed by atoms with Gasteiger partial charge in [-0.25, -0.2) is 10.4 Å². The lowest BCUT2D eigenvalue weighted by Gasteiger charge is -2.42. The summed E-state index contributed by atoms with van der Waals surface area (Å²) in [6, 6.07) is 15.4. The van der Waals surface area contributed by atoms with Gasteiger partial charge >= 0.3 is 0 Å². The molecule has 0 spiro atoms. The quantitative estimate of drug-likeness (QED) is 0.632. The molecule has 0 bridgehead atoms. The van der Waals surface area contributed by atoms with E-state index in [0.717, 1.165) is 31.0 Å². The molecule has 1 aromatic carbocycles. The van der Waals surface area contributed by atoms with Crippen LogP contribution in [-0.4, -0.2) is 97.1 Å². The molecule has 0 aliphatic carbocycles. The Kier molecular flexibility index (Phi) is 7.38. The number of benzene rings is 1. The molecular weight excluding hydrogens is 444 g/mol. The minimum Gasteiger partial charge on any atom is -0.383 e. The number of amides is 2. The van der Waals surface area contributed by atoms with Crippen LogP contribution in [0.3, 0.4) is 0 Å². The van der Waals surface area contributed by atoms with Crippen molar-refractivity contribution >= 4 is 17.5 Å². The van der Waals surface area contributed by atoms with E-state index in [9.17, 15) is 9.59 Å². The maximum atomic E-state index is 13.8. The van der Waals surface area contributed by atoms with Crippen molar-refractivity contribution in [3.05, 3.63) is 60.4 Å². The highest BCUT2D eigenvalue weighted by Gasteiger charge is 2.51. The average molecular weight is 479 g/mol. The number of hydrazine groups is 1. The van der Waals surface area contributed by atoms with Gasteiger partial charge in [-0.15, -0.1) is 0 Å². The molecule has 3 unspecified atom stereocenters. The van der Waals surface area contributed by atoms with E-state index in [0.29, 0.717) is 39.3 Å². The number of hydrogen-bond acceptors (Lipinski definition) is 7. The van der Waals surface area contributed by atoms with Gasteiger partial charge in [0.05, 0.1) is 35.9 Å². The van der Waals surface area contributed by atoms with Gasteiger partial charge in [0.2, 0.25) is 11.8 Å². The fourth-order valence-corrected chi connectivity index (χ4v) is 5.42. The van der Waals surface area contributed by atoms with Crippen molar-refractivity contribution in [2.45, 2.75) is 12.6 Å². The normalized spacial score (nSPS) is 25.6. The topological polar surface area (TPSA) is 81.2 Å². The minimum absolute atomic E-state index is 0.0290. The number of aromatic nitrogens is 1. The van der Waals surface area contributed by atoms with Gasteiger partial charge < -0.3 is 9.64 Å². The maximum absolute atomic E-state index is 13.8. The van der Waals surface area contributed by atoms with E-state index < -0.39 is 0 Å². The van der Waals surface area contributed by atoms with Gasteiger partial charge in [-0.2, -0.15) is 0 Å². The number of nitrogens with one attached hydrogen (secondary N) is 1. The molecule has 186 valence electrons. The summed E-state index contributed by atoms with van der Waals surface area (Å²) in [5, 5.41) is 1.64. The first-order chi connectivity index (χ1) is 17.1. The summed E-state index contributed by atoms with van der Waals surface area (Å²) >= 11 is 0. The predicted octanol–water partition coefficient (Wildman–Crippen LogP) is 0.840. The third-order valence-electron chi connectivity index (χ3n) is 7.33. The second kappa shape index (κ2) is 10.8. The number of piperazine rings is 1. The molecule has 4 heterocycles. The fraction of sp³-hybridized carbons (Fsp3) is 0.500. The number of anilines is 1. The highest BCUT2D eigenvalue weighted by Crippen LogP contribution is 2.32. The number of rotatable bonds is 7. The summed E-state index contributed by atoms with van der Waals surface area (Å²) in [4.78, 5) is 38.1. The van der Waals surface area contributed by atoms with Crippen molar-refractivity contribution in [1.82, 2.24) is 25.1 Å². The molecule has 3 fully saturated rings. The number of likely N-dealkylation sites (tertiary alicyclic amines) is 1. The van der Waals surface area contributed by atoms with Crippen molar-refractivity contribution in [3.63, 3.8) is 0 Å². The third kappa shape index (κ3) is 5.23. The van der Waals surface area contributed by atoms with Crippen LogP contribution in [-0.2, 0) is 20.9 Å². The highest BCUT2D eigenvalue weighted by atomic mass is 16.5. The Balaban J connectivity index is 1.27. The number of para-hydroxylation sites is 1. The number of nitrogens with zero attached hydrogens (tertiary/aromatic N) is 5. The molecule has 3 aliphatic rings. The largest absolute Gasteiger partial charge is 0.383 e. The first kappa shape index (κ1) is 23.9. The van der Waals surface area contributed by atoms with E-state index in [2.05, 4.69) is 20.2 Å². The number of carbonyl (C=O) groups excluding carboxylic acids is 2. The van der Waals surface area contributed by atoms with E-state index in [1.807, 2.05) is 59.6 Å². The van der Waals surface area contributed by atoms with E-state index in [4.69, 9.17) is 4.74 Å². The first-order valence-corrected chi connectivity index (χ1v) is 12.4. The van der Waals surface area contributed by atoms with Crippen LogP contribution in [0.5, 0.6) is 0 Å². The minimum atomic E-state index is -0.286. The van der Waals surface area contributed by atoms with Crippen LogP contribution < -0.4 is 10.4 Å². The van der Waals surface area contributed by atoms with Gasteiger partial charge in [0, 0.05) is 65.7 Å². The molecule has 9 nitrogen and oxygen atoms in total. The highest BCUT2D eigenvalue weighted by molar-refractivity contribution is 5.98. The lowest BCUT2D eigenvalue weighted by Crippen LogP contribution is -2.60.